The fourth-order valence-electron chi connectivity index (χ4n) is 4.75. The van der Waals surface area contributed by atoms with E-state index in [1.54, 1.807) is 24.3 Å². The molecule has 0 saturated heterocycles. The highest BCUT2D eigenvalue weighted by Gasteiger charge is 2.64. The molecule has 0 radical (unpaired) electrons. The lowest BCUT2D eigenvalue weighted by Crippen LogP contribution is -2.74. The van der Waals surface area contributed by atoms with Gasteiger partial charge in [-0.2, -0.15) is 17.7 Å². The number of carbonyl (C=O) groups is 1. The van der Waals surface area contributed by atoms with Crippen LogP contribution in [0, 0.1) is 10.8 Å². The van der Waals surface area contributed by atoms with Gasteiger partial charge in [-0.1, -0.05) is 43.6 Å². The summed E-state index contributed by atoms with van der Waals surface area (Å²) in [4.78, 5) is 12.7. The molecule has 3 aromatic rings. The topological polar surface area (TPSA) is 81.4 Å². The minimum Gasteiger partial charge on any atom is -0.472 e. The zero-order chi connectivity index (χ0) is 23.5. The van der Waals surface area contributed by atoms with E-state index in [-0.39, 0.29) is 23.5 Å². The Morgan fingerprint density at radius 1 is 1.06 bits per heavy atom. The van der Waals surface area contributed by atoms with Crippen LogP contribution in [0.1, 0.15) is 43.9 Å². The van der Waals surface area contributed by atoms with Gasteiger partial charge in [-0.25, -0.2) is 0 Å². The van der Waals surface area contributed by atoms with Crippen LogP contribution in [-0.2, 0) is 6.18 Å². The number of fused-ring (bicyclic) bond motifs is 1. The number of carbonyl (C=O) groups excluding carboxylic acids is 1. The summed E-state index contributed by atoms with van der Waals surface area (Å²) >= 11 is 3.35. The molecule has 0 atom stereocenters. The Bertz CT molecular complexity index is 1160. The van der Waals surface area contributed by atoms with E-state index in [0.717, 1.165) is 4.47 Å². The number of ether oxygens (including phenoxy) is 1. The molecular weight excluding hydrogens is 491 g/mol. The number of hydrogen-bond acceptors (Lipinski definition) is 5. The van der Waals surface area contributed by atoms with Gasteiger partial charge in [0.05, 0.1) is 0 Å². The third kappa shape index (κ3) is 3.72. The minimum atomic E-state index is -4.69. The number of rotatable bonds is 4. The van der Waals surface area contributed by atoms with Gasteiger partial charge in [0.15, 0.2) is 5.65 Å². The second-order valence-electron chi connectivity index (χ2n) is 9.02. The Labute approximate surface area is 190 Å². The van der Waals surface area contributed by atoms with Gasteiger partial charge in [0.25, 0.3) is 11.7 Å². The van der Waals surface area contributed by atoms with Gasteiger partial charge in [0.2, 0.25) is 5.88 Å². The summed E-state index contributed by atoms with van der Waals surface area (Å²) in [6.07, 6.45) is -5.11. The summed E-state index contributed by atoms with van der Waals surface area (Å²) in [5, 5.41) is 13.7. The van der Waals surface area contributed by atoms with Crippen molar-refractivity contribution in [2.75, 3.05) is 0 Å². The molecule has 1 N–H and O–H groups in total. The van der Waals surface area contributed by atoms with Crippen molar-refractivity contribution in [3.05, 3.63) is 52.3 Å². The molecule has 32 heavy (non-hydrogen) atoms. The van der Waals surface area contributed by atoms with E-state index in [2.05, 4.69) is 36.5 Å². The lowest BCUT2D eigenvalue weighted by molar-refractivity contribution is -0.166. The van der Waals surface area contributed by atoms with Crippen LogP contribution in [0.15, 0.2) is 40.9 Å². The second-order valence-corrected chi connectivity index (χ2v) is 9.93. The van der Waals surface area contributed by atoms with E-state index in [1.807, 2.05) is 27.7 Å². The third-order valence-corrected chi connectivity index (χ3v) is 6.48. The van der Waals surface area contributed by atoms with E-state index in [0.29, 0.717) is 10.1 Å². The van der Waals surface area contributed by atoms with E-state index in [9.17, 15) is 18.0 Å². The van der Waals surface area contributed by atoms with Gasteiger partial charge < -0.3 is 10.1 Å². The number of alkyl halides is 3. The van der Waals surface area contributed by atoms with Crippen LogP contribution in [0.5, 0.6) is 5.88 Å². The van der Waals surface area contributed by atoms with Crippen molar-refractivity contribution in [2.24, 2.45) is 10.8 Å². The fourth-order valence-corrected chi connectivity index (χ4v) is 5.01. The van der Waals surface area contributed by atoms with Crippen LogP contribution < -0.4 is 10.1 Å². The molecule has 7 nitrogen and oxygen atoms in total. The summed E-state index contributed by atoms with van der Waals surface area (Å²) in [6, 6.07) is 9.63. The number of benzene rings is 1. The van der Waals surface area contributed by atoms with E-state index in [4.69, 9.17) is 4.74 Å². The number of nitrogens with one attached hydrogen (secondary N) is 1. The molecule has 1 aromatic carbocycles. The van der Waals surface area contributed by atoms with E-state index in [1.165, 1.54) is 12.1 Å². The number of amides is 1. The molecule has 1 amide bonds. The van der Waals surface area contributed by atoms with E-state index < -0.39 is 28.9 Å². The summed E-state index contributed by atoms with van der Waals surface area (Å²) in [5.74, 6) is -1.41. The van der Waals surface area contributed by atoms with Crippen molar-refractivity contribution in [3.8, 4) is 5.88 Å². The van der Waals surface area contributed by atoms with Crippen molar-refractivity contribution in [2.45, 2.75) is 46.0 Å². The van der Waals surface area contributed by atoms with Crippen LogP contribution >= 0.6 is 15.9 Å². The predicted octanol–water partition coefficient (Wildman–Crippen LogP) is 4.52. The van der Waals surface area contributed by atoms with Crippen molar-refractivity contribution in [1.82, 2.24) is 25.1 Å². The number of hydrogen-bond donors (Lipinski definition) is 1. The summed E-state index contributed by atoms with van der Waals surface area (Å²) < 4.78 is 47.0. The van der Waals surface area contributed by atoms with Crippen molar-refractivity contribution >= 4 is 27.5 Å². The first-order chi connectivity index (χ1) is 14.8. The Morgan fingerprint density at radius 2 is 1.69 bits per heavy atom. The third-order valence-electron chi connectivity index (χ3n) is 5.95. The predicted molar refractivity (Wildman–Crippen MR) is 113 cm³/mol. The zero-order valence-corrected chi connectivity index (χ0v) is 19.3. The maximum atomic E-state index is 13.2. The highest BCUT2D eigenvalue weighted by molar-refractivity contribution is 9.10. The molecule has 1 aliphatic carbocycles. The van der Waals surface area contributed by atoms with Gasteiger partial charge in [-0.05, 0) is 30.3 Å². The van der Waals surface area contributed by atoms with Crippen molar-refractivity contribution < 1.29 is 22.7 Å². The lowest BCUT2D eigenvalue weighted by Gasteiger charge is -2.62. The molecule has 1 fully saturated rings. The Hall–Kier alpha value is -2.69. The van der Waals surface area contributed by atoms with Crippen LogP contribution in [0.3, 0.4) is 0 Å². The summed E-state index contributed by atoms with van der Waals surface area (Å²) in [7, 11) is 0. The minimum absolute atomic E-state index is 0.0200. The monoisotopic (exact) mass is 511 g/mol. The Morgan fingerprint density at radius 3 is 2.28 bits per heavy atom. The number of nitrogens with zero attached hydrogens (tertiary/aromatic N) is 4. The largest absolute Gasteiger partial charge is 0.472 e. The average molecular weight is 512 g/mol. The van der Waals surface area contributed by atoms with E-state index >= 15 is 0 Å². The van der Waals surface area contributed by atoms with Gasteiger partial charge >= 0.3 is 6.18 Å². The van der Waals surface area contributed by atoms with Gasteiger partial charge in [0.1, 0.15) is 6.10 Å². The van der Waals surface area contributed by atoms with Crippen molar-refractivity contribution in [1.29, 1.82) is 0 Å². The molecule has 170 valence electrons. The zero-order valence-electron chi connectivity index (χ0n) is 17.7. The van der Waals surface area contributed by atoms with Crippen LogP contribution in [0.25, 0.3) is 5.65 Å². The molecule has 11 heteroatoms. The Kier molecular flexibility index (Phi) is 5.22. The molecule has 2 heterocycles. The smallest absolute Gasteiger partial charge is 0.453 e. The van der Waals surface area contributed by atoms with Gasteiger partial charge in [-0.15, -0.1) is 15.3 Å². The second kappa shape index (κ2) is 7.43. The first-order valence-corrected chi connectivity index (χ1v) is 10.6. The maximum Gasteiger partial charge on any atom is 0.453 e. The first-order valence-electron chi connectivity index (χ1n) is 9.84. The van der Waals surface area contributed by atoms with Crippen LogP contribution in [0.2, 0.25) is 0 Å². The quantitative estimate of drug-likeness (QED) is 0.556. The molecule has 0 spiro atoms. The number of halogens is 4. The number of aromatic nitrogens is 4. The molecule has 0 aliphatic heterocycles. The molecule has 0 bridgehead atoms. The summed E-state index contributed by atoms with van der Waals surface area (Å²) in [6.45, 7) is 7.75. The summed E-state index contributed by atoms with van der Waals surface area (Å²) in [5.41, 5.74) is -0.517. The molecule has 2 aromatic heterocycles. The highest BCUT2D eigenvalue weighted by Crippen LogP contribution is 2.55. The molecular formula is C21H21BrF3N5O2. The molecule has 4 rings (SSSR count). The molecule has 0 unspecified atom stereocenters. The molecule has 1 saturated carbocycles. The SMILES string of the molecule is CC1(C)[C@H](NC(=O)c2ccc(Br)cc2)C(C)(C)[C@H]1Oc1ccc2nnc(C(F)(F)F)n2n1. The fraction of sp³-hybridized carbons (Fsp3) is 0.429. The van der Waals surface area contributed by atoms with Gasteiger partial charge in [-0.3, -0.25) is 4.79 Å². The Balaban J connectivity index is 1.55. The van der Waals surface area contributed by atoms with Gasteiger partial charge in [0, 0.05) is 33.0 Å². The van der Waals surface area contributed by atoms with Crippen LogP contribution in [-0.4, -0.2) is 37.9 Å². The average Bonchev–Trinajstić information content (AvgIpc) is 3.14. The lowest BCUT2D eigenvalue weighted by atomic mass is 9.49. The molecule has 1 aliphatic rings. The highest BCUT2D eigenvalue weighted by atomic mass is 79.9. The van der Waals surface area contributed by atoms with Crippen LogP contribution in [0.4, 0.5) is 13.2 Å². The maximum absolute atomic E-state index is 13.2. The van der Waals surface area contributed by atoms with Crippen molar-refractivity contribution in [3.63, 3.8) is 0 Å². The normalized spacial score (nSPS) is 21.8. The first kappa shape index (κ1) is 22.5. The standard InChI is InChI=1S/C21H21BrF3N5O2/c1-19(2)16(26-15(31)11-5-7-12(22)8-6-11)20(3,4)17(19)32-14-10-9-13-27-28-18(21(23,24)25)30(13)29-14/h5-10,16-17H,1-4H3,(H,26,31)/t16-,17-.